The van der Waals surface area contributed by atoms with E-state index < -0.39 is 5.97 Å². The molecule has 0 aromatic heterocycles. The van der Waals surface area contributed by atoms with Crippen LogP contribution in [0.4, 0.5) is 0 Å². The number of Topliss-reactive ketones (excluding diaryl/α,β-unsaturated/α-hetero) is 1. The van der Waals surface area contributed by atoms with E-state index in [2.05, 4.69) is 4.74 Å². The molecule has 0 amide bonds. The third kappa shape index (κ3) is 3.92. The molecule has 5 nitrogen and oxygen atoms in total. The molecule has 0 radical (unpaired) electrons. The van der Waals surface area contributed by atoms with E-state index in [-0.39, 0.29) is 23.9 Å². The van der Waals surface area contributed by atoms with Gasteiger partial charge in [0.2, 0.25) is 0 Å². The lowest BCUT2D eigenvalue weighted by molar-refractivity contribution is -0.140. The number of esters is 1. The first-order valence-corrected chi connectivity index (χ1v) is 6.72. The number of methoxy groups -OCH3 is 1. The first kappa shape index (κ1) is 15.3. The maximum absolute atomic E-state index is 12.0. The summed E-state index contributed by atoms with van der Waals surface area (Å²) in [5, 5.41) is 0. The van der Waals surface area contributed by atoms with Gasteiger partial charge in [0, 0.05) is 0 Å². The molecule has 0 fully saturated rings. The molecule has 1 aromatic rings. The zero-order valence-electron chi connectivity index (χ0n) is 12.1. The minimum atomic E-state index is -0.652. The number of carbonyl (C=O) groups is 2. The van der Waals surface area contributed by atoms with Crippen LogP contribution >= 0.6 is 0 Å². The zero-order valence-corrected chi connectivity index (χ0v) is 12.1. The Bertz CT molecular complexity index is 547. The van der Waals surface area contributed by atoms with Gasteiger partial charge in [-0.2, -0.15) is 0 Å². The predicted molar refractivity (Wildman–Crippen MR) is 75.3 cm³/mol. The maximum Gasteiger partial charge on any atom is 0.344 e. The second-order valence-electron chi connectivity index (χ2n) is 4.79. The molecule has 1 atom stereocenters. The van der Waals surface area contributed by atoms with Crippen LogP contribution in [-0.4, -0.2) is 31.6 Å². The van der Waals surface area contributed by atoms with Crippen molar-refractivity contribution in [2.24, 2.45) is 0 Å². The fourth-order valence-corrected chi connectivity index (χ4v) is 2.19. The average molecular weight is 290 g/mol. The number of allylic oxidation sites excluding steroid dienone is 1. The highest BCUT2D eigenvalue weighted by atomic mass is 16.5. The molecular weight excluding hydrogens is 272 g/mol. The van der Waals surface area contributed by atoms with Crippen molar-refractivity contribution in [3.63, 3.8) is 0 Å². The van der Waals surface area contributed by atoms with Crippen molar-refractivity contribution < 1.29 is 23.8 Å². The molecule has 5 heteroatoms. The Morgan fingerprint density at radius 2 is 2.05 bits per heavy atom. The second-order valence-corrected chi connectivity index (χ2v) is 4.79. The Balaban J connectivity index is 1.89. The molecule has 1 aliphatic heterocycles. The van der Waals surface area contributed by atoms with Gasteiger partial charge in [-0.05, 0) is 12.5 Å². The average Bonchev–Trinajstić information content (AvgIpc) is 2.47. The lowest BCUT2D eigenvalue weighted by Gasteiger charge is -2.25. The molecule has 112 valence electrons. The van der Waals surface area contributed by atoms with Crippen LogP contribution < -0.4 is 0 Å². The Kier molecular flexibility index (Phi) is 5.11. The molecule has 0 aliphatic carbocycles. The summed E-state index contributed by atoms with van der Waals surface area (Å²) in [5.41, 5.74) is 1.05. The van der Waals surface area contributed by atoms with Crippen LogP contribution in [0.1, 0.15) is 18.9 Å². The van der Waals surface area contributed by atoms with Crippen LogP contribution in [-0.2, 0) is 30.4 Å². The molecular formula is C16H18O5. The Hall–Kier alpha value is -2.14. The number of rotatable bonds is 5. The van der Waals surface area contributed by atoms with Crippen molar-refractivity contribution >= 4 is 11.8 Å². The third-order valence-electron chi connectivity index (χ3n) is 3.19. The van der Waals surface area contributed by atoms with Gasteiger partial charge in [-0.1, -0.05) is 30.3 Å². The highest BCUT2D eigenvalue weighted by molar-refractivity contribution is 6.18. The summed E-state index contributed by atoms with van der Waals surface area (Å²) in [7, 11) is 1.24. The minimum absolute atomic E-state index is 0.00295. The van der Waals surface area contributed by atoms with Crippen molar-refractivity contribution in [3.8, 4) is 0 Å². The third-order valence-corrected chi connectivity index (χ3v) is 3.19. The fraction of sp³-hybridized carbons (Fsp3) is 0.375. The largest absolute Gasteiger partial charge is 0.491 e. The summed E-state index contributed by atoms with van der Waals surface area (Å²) < 4.78 is 15.7. The maximum atomic E-state index is 12.0. The van der Waals surface area contributed by atoms with Crippen LogP contribution in [0.3, 0.4) is 0 Å². The van der Waals surface area contributed by atoms with Gasteiger partial charge in [0.25, 0.3) is 0 Å². The summed E-state index contributed by atoms with van der Waals surface area (Å²) in [6, 6.07) is 9.75. The molecule has 0 saturated carbocycles. The summed E-state index contributed by atoms with van der Waals surface area (Å²) >= 11 is 0. The topological polar surface area (TPSA) is 61.8 Å². The molecule has 0 spiro atoms. The highest BCUT2D eigenvalue weighted by Crippen LogP contribution is 2.22. The van der Waals surface area contributed by atoms with E-state index in [0.717, 1.165) is 5.56 Å². The number of ketones is 1. The number of ether oxygens (including phenoxy) is 3. The van der Waals surface area contributed by atoms with Crippen molar-refractivity contribution in [2.75, 3.05) is 13.7 Å². The Morgan fingerprint density at radius 1 is 1.33 bits per heavy atom. The first-order chi connectivity index (χ1) is 10.1. The monoisotopic (exact) mass is 290 g/mol. The van der Waals surface area contributed by atoms with Crippen molar-refractivity contribution in [2.45, 2.75) is 26.1 Å². The predicted octanol–water partition coefficient (Wildman–Crippen LogP) is 2.01. The minimum Gasteiger partial charge on any atom is -0.491 e. The van der Waals surface area contributed by atoms with Crippen LogP contribution in [0.5, 0.6) is 0 Å². The van der Waals surface area contributed by atoms with Crippen molar-refractivity contribution in [1.29, 1.82) is 0 Å². The highest BCUT2D eigenvalue weighted by Gasteiger charge is 2.32. The number of hydrogen-bond donors (Lipinski definition) is 0. The fourth-order valence-electron chi connectivity index (χ4n) is 2.19. The second kappa shape index (κ2) is 7.04. The van der Waals surface area contributed by atoms with E-state index in [4.69, 9.17) is 9.47 Å². The van der Waals surface area contributed by atoms with Gasteiger partial charge in [0.1, 0.15) is 17.4 Å². The van der Waals surface area contributed by atoms with Gasteiger partial charge < -0.3 is 14.2 Å². The SMILES string of the molecule is COC(=O)C1=C(C)O[C@H](COCc2ccccc2)CC1=O. The lowest BCUT2D eigenvalue weighted by atomic mass is 10.0. The quantitative estimate of drug-likeness (QED) is 0.613. The molecule has 1 aliphatic rings. The molecule has 0 bridgehead atoms. The van der Waals surface area contributed by atoms with Crippen LogP contribution in [0, 0.1) is 0 Å². The zero-order chi connectivity index (χ0) is 15.2. The van der Waals surface area contributed by atoms with Crippen molar-refractivity contribution in [1.82, 2.24) is 0 Å². The van der Waals surface area contributed by atoms with E-state index in [9.17, 15) is 9.59 Å². The summed E-state index contributed by atoms with van der Waals surface area (Å²) in [5.74, 6) is -0.619. The van der Waals surface area contributed by atoms with Crippen LogP contribution in [0.2, 0.25) is 0 Å². The van der Waals surface area contributed by atoms with E-state index in [0.29, 0.717) is 19.0 Å². The Morgan fingerprint density at radius 3 is 2.67 bits per heavy atom. The smallest absolute Gasteiger partial charge is 0.344 e. The van der Waals surface area contributed by atoms with Gasteiger partial charge in [-0.25, -0.2) is 4.79 Å². The van der Waals surface area contributed by atoms with Gasteiger partial charge in [-0.15, -0.1) is 0 Å². The van der Waals surface area contributed by atoms with E-state index in [1.807, 2.05) is 30.3 Å². The molecule has 0 saturated heterocycles. The molecule has 0 N–H and O–H groups in total. The summed E-state index contributed by atoms with van der Waals surface area (Å²) in [6.45, 7) is 2.35. The molecule has 0 unspecified atom stereocenters. The van der Waals surface area contributed by atoms with E-state index >= 15 is 0 Å². The lowest BCUT2D eigenvalue weighted by Crippen LogP contribution is -2.32. The summed E-state index contributed by atoms with van der Waals surface area (Å²) in [4.78, 5) is 23.4. The molecule has 1 aromatic carbocycles. The standard InChI is InChI=1S/C16H18O5/c1-11-15(16(18)19-2)14(17)8-13(21-11)10-20-9-12-6-4-3-5-7-12/h3-7,13H,8-10H2,1-2H3/t13-/m0/s1. The normalized spacial score (nSPS) is 18.4. The summed E-state index contributed by atoms with van der Waals surface area (Å²) in [6.07, 6.45) is -0.245. The van der Waals surface area contributed by atoms with Crippen LogP contribution in [0.15, 0.2) is 41.7 Å². The van der Waals surface area contributed by atoms with Gasteiger partial charge >= 0.3 is 5.97 Å². The van der Waals surface area contributed by atoms with Gasteiger partial charge in [0.15, 0.2) is 5.78 Å². The van der Waals surface area contributed by atoms with Crippen LogP contribution in [0.25, 0.3) is 0 Å². The number of hydrogen-bond acceptors (Lipinski definition) is 5. The Labute approximate surface area is 123 Å². The molecule has 21 heavy (non-hydrogen) atoms. The number of carbonyl (C=O) groups excluding carboxylic acids is 2. The van der Waals surface area contributed by atoms with E-state index in [1.165, 1.54) is 7.11 Å². The van der Waals surface area contributed by atoms with Crippen molar-refractivity contribution in [3.05, 3.63) is 47.2 Å². The molecule has 2 rings (SSSR count). The van der Waals surface area contributed by atoms with E-state index in [1.54, 1.807) is 6.92 Å². The molecule has 1 heterocycles. The van der Waals surface area contributed by atoms with Gasteiger partial charge in [0.05, 0.1) is 26.7 Å². The first-order valence-electron chi connectivity index (χ1n) is 6.72. The number of benzene rings is 1. The van der Waals surface area contributed by atoms with Gasteiger partial charge in [-0.3, -0.25) is 4.79 Å².